The van der Waals surface area contributed by atoms with Crippen molar-refractivity contribution in [1.82, 2.24) is 4.90 Å². The zero-order valence-corrected chi connectivity index (χ0v) is 6.59. The summed E-state index contributed by atoms with van der Waals surface area (Å²) >= 11 is 0. The van der Waals surface area contributed by atoms with Crippen LogP contribution in [-0.2, 0) is 0 Å². The lowest BCUT2D eigenvalue weighted by atomic mass is 10.1. The van der Waals surface area contributed by atoms with Gasteiger partial charge in [0.25, 0.3) is 0 Å². The van der Waals surface area contributed by atoms with E-state index in [1.54, 1.807) is 0 Å². The van der Waals surface area contributed by atoms with Crippen LogP contribution < -0.4 is 0 Å². The third-order valence-electron chi connectivity index (χ3n) is 2.89. The molecule has 11 heavy (non-hydrogen) atoms. The molecule has 2 nitrogen and oxygen atoms in total. The van der Waals surface area contributed by atoms with Crippen LogP contribution in [0.15, 0.2) is 0 Å². The normalized spacial score (nSPS) is 43.6. The minimum absolute atomic E-state index is 0.291. The summed E-state index contributed by atoms with van der Waals surface area (Å²) < 4.78 is 11.9. The minimum Gasteiger partial charge on any atom is -0.388 e. The van der Waals surface area contributed by atoms with Gasteiger partial charge in [0.2, 0.25) is 0 Å². The molecule has 0 aromatic rings. The Morgan fingerprint density at radius 3 is 3.09 bits per heavy atom. The number of aliphatic hydroxyl groups is 1. The van der Waals surface area contributed by atoms with Crippen LogP contribution in [0.1, 0.15) is 12.8 Å². The van der Waals surface area contributed by atoms with Crippen LogP contribution in [-0.4, -0.2) is 41.9 Å². The first kappa shape index (κ1) is 7.50. The van der Waals surface area contributed by atoms with E-state index in [-0.39, 0.29) is 6.67 Å². The summed E-state index contributed by atoms with van der Waals surface area (Å²) in [7, 11) is 0. The molecule has 2 aliphatic rings. The predicted octanol–water partition coefficient (Wildman–Crippen LogP) is 0.413. The highest BCUT2D eigenvalue weighted by Crippen LogP contribution is 2.48. The van der Waals surface area contributed by atoms with Crippen LogP contribution in [0.5, 0.6) is 0 Å². The highest BCUT2D eigenvalue weighted by atomic mass is 19.1. The molecular weight excluding hydrogens is 145 g/mol. The van der Waals surface area contributed by atoms with Gasteiger partial charge in [-0.25, -0.2) is 4.39 Å². The van der Waals surface area contributed by atoms with E-state index < -0.39 is 5.60 Å². The summed E-state index contributed by atoms with van der Waals surface area (Å²) in [6, 6.07) is 0. The van der Waals surface area contributed by atoms with Gasteiger partial charge in [-0.1, -0.05) is 0 Å². The molecule has 64 valence electrons. The van der Waals surface area contributed by atoms with E-state index in [4.69, 9.17) is 0 Å². The molecule has 0 aromatic heterocycles. The monoisotopic (exact) mass is 159 g/mol. The lowest BCUT2D eigenvalue weighted by Gasteiger charge is -2.28. The van der Waals surface area contributed by atoms with E-state index in [9.17, 15) is 9.50 Å². The number of likely N-dealkylation sites (tertiary alicyclic amines) is 1. The van der Waals surface area contributed by atoms with Crippen LogP contribution in [0.3, 0.4) is 0 Å². The molecule has 0 aromatic carbocycles. The lowest BCUT2D eigenvalue weighted by molar-refractivity contribution is 0.0479. The Morgan fingerprint density at radius 1 is 1.64 bits per heavy atom. The quantitative estimate of drug-likeness (QED) is 0.631. The smallest absolute Gasteiger partial charge is 0.102 e. The molecule has 2 rings (SSSR count). The summed E-state index contributed by atoms with van der Waals surface area (Å²) in [5.74, 6) is 0.526. The maximum atomic E-state index is 11.9. The number of halogens is 1. The number of piperidine rings is 1. The van der Waals surface area contributed by atoms with E-state index in [0.29, 0.717) is 19.0 Å². The maximum absolute atomic E-state index is 11.9. The first-order chi connectivity index (χ1) is 5.24. The second-order valence-corrected chi connectivity index (χ2v) is 3.76. The molecule has 0 unspecified atom stereocenters. The Hall–Kier alpha value is -0.150. The van der Waals surface area contributed by atoms with Gasteiger partial charge < -0.3 is 5.11 Å². The Kier molecular flexibility index (Phi) is 1.65. The van der Waals surface area contributed by atoms with Gasteiger partial charge >= 0.3 is 0 Å². The van der Waals surface area contributed by atoms with Crippen molar-refractivity contribution in [1.29, 1.82) is 0 Å². The summed E-state index contributed by atoms with van der Waals surface area (Å²) in [5, 5.41) is 9.68. The fourth-order valence-corrected chi connectivity index (χ4v) is 2.05. The molecular formula is C8H14FNO. The highest BCUT2D eigenvalue weighted by Gasteiger charge is 2.55. The van der Waals surface area contributed by atoms with Crippen LogP contribution in [0.25, 0.3) is 0 Å². The average Bonchev–Trinajstić information content (AvgIpc) is 2.60. The van der Waals surface area contributed by atoms with Crippen LogP contribution >= 0.6 is 0 Å². The van der Waals surface area contributed by atoms with Gasteiger partial charge in [-0.05, 0) is 25.3 Å². The minimum atomic E-state index is -0.423. The number of β-amino-alcohol motifs (C(OH)–C–C–N with tert-alkyl or cyclic N) is 1. The first-order valence-electron chi connectivity index (χ1n) is 4.25. The third kappa shape index (κ3) is 1.27. The summed E-state index contributed by atoms with van der Waals surface area (Å²) in [5.41, 5.74) is -0.423. The van der Waals surface area contributed by atoms with Crippen molar-refractivity contribution in [3.8, 4) is 0 Å². The van der Waals surface area contributed by atoms with Crippen molar-refractivity contribution in [3.05, 3.63) is 0 Å². The fraction of sp³-hybridized carbons (Fsp3) is 1.00. The molecule has 0 spiro atoms. The van der Waals surface area contributed by atoms with Crippen molar-refractivity contribution >= 4 is 0 Å². The number of hydrogen-bond donors (Lipinski definition) is 1. The first-order valence-corrected chi connectivity index (χ1v) is 4.25. The van der Waals surface area contributed by atoms with Crippen molar-refractivity contribution < 1.29 is 9.50 Å². The molecule has 0 amide bonds. The molecule has 1 saturated heterocycles. The Labute approximate surface area is 66.0 Å². The van der Waals surface area contributed by atoms with Crippen LogP contribution in [0.4, 0.5) is 4.39 Å². The number of alkyl halides is 1. The number of nitrogens with zero attached hydrogens (tertiary/aromatic N) is 1. The number of hydrogen-bond acceptors (Lipinski definition) is 2. The van der Waals surface area contributed by atoms with Gasteiger partial charge in [0, 0.05) is 13.1 Å². The van der Waals surface area contributed by atoms with Crippen molar-refractivity contribution in [2.24, 2.45) is 5.92 Å². The van der Waals surface area contributed by atoms with Gasteiger partial charge in [0.15, 0.2) is 0 Å². The van der Waals surface area contributed by atoms with Crippen LogP contribution in [0.2, 0.25) is 0 Å². The number of rotatable bonds is 2. The van der Waals surface area contributed by atoms with E-state index in [2.05, 4.69) is 0 Å². The topological polar surface area (TPSA) is 23.5 Å². The average molecular weight is 159 g/mol. The SMILES string of the molecule is O[C@]12C[C@H]1CCN(CCF)C2. The third-order valence-corrected chi connectivity index (χ3v) is 2.89. The second kappa shape index (κ2) is 2.42. The van der Waals surface area contributed by atoms with E-state index in [1.165, 1.54) is 0 Å². The van der Waals surface area contributed by atoms with Gasteiger partial charge in [0.1, 0.15) is 6.67 Å². The van der Waals surface area contributed by atoms with E-state index >= 15 is 0 Å². The van der Waals surface area contributed by atoms with Crippen molar-refractivity contribution in [3.63, 3.8) is 0 Å². The molecule has 1 aliphatic carbocycles. The molecule has 0 bridgehead atoms. The molecule has 0 radical (unpaired) electrons. The summed E-state index contributed by atoms with van der Waals surface area (Å²) in [6.07, 6.45) is 1.99. The zero-order valence-electron chi connectivity index (χ0n) is 6.59. The Morgan fingerprint density at radius 2 is 2.45 bits per heavy atom. The van der Waals surface area contributed by atoms with Crippen molar-refractivity contribution in [2.45, 2.75) is 18.4 Å². The largest absolute Gasteiger partial charge is 0.388 e. The molecule has 1 saturated carbocycles. The predicted molar refractivity (Wildman–Crippen MR) is 40.1 cm³/mol. The molecule has 2 atom stereocenters. The Bertz CT molecular complexity index is 164. The number of fused-ring (bicyclic) bond motifs is 1. The van der Waals surface area contributed by atoms with Gasteiger partial charge in [0.05, 0.1) is 5.60 Å². The summed E-state index contributed by atoms with van der Waals surface area (Å²) in [6.45, 7) is 1.87. The highest BCUT2D eigenvalue weighted by molar-refractivity contribution is 5.08. The van der Waals surface area contributed by atoms with E-state index in [0.717, 1.165) is 19.4 Å². The Balaban J connectivity index is 1.87. The summed E-state index contributed by atoms with van der Waals surface area (Å²) in [4.78, 5) is 2.02. The zero-order chi connectivity index (χ0) is 7.90. The van der Waals surface area contributed by atoms with Gasteiger partial charge in [-0.15, -0.1) is 0 Å². The lowest BCUT2D eigenvalue weighted by Crippen LogP contribution is -2.41. The fourth-order valence-electron chi connectivity index (χ4n) is 2.05. The molecule has 1 aliphatic heterocycles. The van der Waals surface area contributed by atoms with Crippen LogP contribution in [0, 0.1) is 5.92 Å². The molecule has 3 heteroatoms. The van der Waals surface area contributed by atoms with Crippen molar-refractivity contribution in [2.75, 3.05) is 26.3 Å². The van der Waals surface area contributed by atoms with E-state index in [1.807, 2.05) is 4.90 Å². The van der Waals surface area contributed by atoms with Gasteiger partial charge in [-0.2, -0.15) is 0 Å². The molecule has 2 fully saturated rings. The van der Waals surface area contributed by atoms with Gasteiger partial charge in [-0.3, -0.25) is 4.90 Å². The molecule has 1 N–H and O–H groups in total. The maximum Gasteiger partial charge on any atom is 0.102 e. The standard InChI is InChI=1S/C8H14FNO/c9-2-4-10-3-1-7-5-8(7,11)6-10/h7,11H,1-6H2/t7-,8+/m1/s1. The molecule has 1 heterocycles. The second-order valence-electron chi connectivity index (χ2n) is 3.76.